The Morgan fingerprint density at radius 3 is 2.73 bits per heavy atom. The summed E-state index contributed by atoms with van der Waals surface area (Å²) in [6.07, 6.45) is 4.09. The molecule has 2 atom stereocenters. The number of likely N-dealkylation sites (N-methyl/N-ethyl adjacent to an activating group) is 1. The van der Waals surface area contributed by atoms with Gasteiger partial charge in [0.2, 0.25) is 0 Å². The molecule has 3 heteroatoms. The van der Waals surface area contributed by atoms with E-state index in [4.69, 9.17) is 5.73 Å². The fourth-order valence-corrected chi connectivity index (χ4v) is 2.67. The van der Waals surface area contributed by atoms with E-state index in [-0.39, 0.29) is 5.54 Å². The molecule has 88 valence electrons. The highest BCUT2D eigenvalue weighted by Crippen LogP contribution is 2.36. The zero-order valence-corrected chi connectivity index (χ0v) is 10.1. The Morgan fingerprint density at radius 2 is 2.27 bits per heavy atom. The van der Waals surface area contributed by atoms with Crippen LogP contribution in [-0.4, -0.2) is 43.7 Å². The monoisotopic (exact) mass is 211 g/mol. The SMILES string of the molecule is CC(CNC1(CN)CCN(C)C1)C1CC1. The Bertz CT molecular complexity index is 215. The lowest BCUT2D eigenvalue weighted by atomic mass is 9.97. The van der Waals surface area contributed by atoms with Gasteiger partial charge in [-0.3, -0.25) is 0 Å². The van der Waals surface area contributed by atoms with Crippen LogP contribution in [0.1, 0.15) is 26.2 Å². The van der Waals surface area contributed by atoms with Crippen LogP contribution < -0.4 is 11.1 Å². The molecule has 2 unspecified atom stereocenters. The number of nitrogens with one attached hydrogen (secondary N) is 1. The molecule has 2 fully saturated rings. The Labute approximate surface area is 93.4 Å². The second-order valence-corrected chi connectivity index (χ2v) is 5.67. The van der Waals surface area contributed by atoms with E-state index < -0.39 is 0 Å². The third kappa shape index (κ3) is 2.71. The molecule has 3 nitrogen and oxygen atoms in total. The van der Waals surface area contributed by atoms with E-state index in [0.29, 0.717) is 0 Å². The van der Waals surface area contributed by atoms with Crippen LogP contribution in [0.3, 0.4) is 0 Å². The van der Waals surface area contributed by atoms with E-state index in [1.54, 1.807) is 0 Å². The summed E-state index contributed by atoms with van der Waals surface area (Å²) in [7, 11) is 2.18. The minimum atomic E-state index is 0.206. The average molecular weight is 211 g/mol. The first-order chi connectivity index (χ1) is 7.15. The molecule has 0 aromatic carbocycles. The van der Waals surface area contributed by atoms with Crippen LogP contribution in [0.2, 0.25) is 0 Å². The molecule has 15 heavy (non-hydrogen) atoms. The molecule has 0 aromatic rings. The molecule has 3 N–H and O–H groups in total. The van der Waals surface area contributed by atoms with Gasteiger partial charge in [0, 0.05) is 18.6 Å². The molecule has 1 aliphatic heterocycles. The Morgan fingerprint density at radius 1 is 1.53 bits per heavy atom. The summed E-state index contributed by atoms with van der Waals surface area (Å²) in [6, 6.07) is 0. The third-order valence-corrected chi connectivity index (χ3v) is 4.16. The number of rotatable bonds is 5. The molecule has 0 amide bonds. The maximum Gasteiger partial charge on any atom is 0.0444 e. The summed E-state index contributed by atoms with van der Waals surface area (Å²) in [6.45, 7) is 6.58. The Balaban J connectivity index is 1.79. The van der Waals surface area contributed by atoms with Crippen molar-refractivity contribution in [2.45, 2.75) is 31.7 Å². The number of hydrogen-bond donors (Lipinski definition) is 2. The van der Waals surface area contributed by atoms with Crippen LogP contribution in [0.25, 0.3) is 0 Å². The predicted octanol–water partition coefficient (Wildman–Crippen LogP) is 0.655. The maximum atomic E-state index is 5.92. The summed E-state index contributed by atoms with van der Waals surface area (Å²) in [5, 5.41) is 3.73. The Hall–Kier alpha value is -0.120. The topological polar surface area (TPSA) is 41.3 Å². The van der Waals surface area contributed by atoms with E-state index in [1.165, 1.54) is 25.8 Å². The minimum Gasteiger partial charge on any atom is -0.329 e. The predicted molar refractivity (Wildman–Crippen MR) is 63.8 cm³/mol. The number of nitrogens with two attached hydrogens (primary N) is 1. The third-order valence-electron chi connectivity index (χ3n) is 4.16. The number of nitrogens with zero attached hydrogens (tertiary/aromatic N) is 1. The first kappa shape index (κ1) is 11.4. The van der Waals surface area contributed by atoms with Crippen molar-refractivity contribution in [1.29, 1.82) is 0 Å². The molecule has 0 bridgehead atoms. The molecule has 2 aliphatic rings. The quantitative estimate of drug-likeness (QED) is 0.702. The number of likely N-dealkylation sites (tertiary alicyclic amines) is 1. The normalized spacial score (nSPS) is 34.6. The van der Waals surface area contributed by atoms with Crippen molar-refractivity contribution in [2.24, 2.45) is 17.6 Å². The zero-order chi connectivity index (χ0) is 10.9. The van der Waals surface area contributed by atoms with Crippen molar-refractivity contribution >= 4 is 0 Å². The van der Waals surface area contributed by atoms with Gasteiger partial charge in [-0.1, -0.05) is 6.92 Å². The molecule has 2 rings (SSSR count). The first-order valence-corrected chi connectivity index (χ1v) is 6.29. The van der Waals surface area contributed by atoms with Crippen molar-refractivity contribution < 1.29 is 0 Å². The van der Waals surface area contributed by atoms with Crippen molar-refractivity contribution in [3.63, 3.8) is 0 Å². The Kier molecular flexibility index (Phi) is 3.33. The van der Waals surface area contributed by atoms with Gasteiger partial charge in [-0.25, -0.2) is 0 Å². The standard InChI is InChI=1S/C12H25N3/c1-10(11-3-4-11)7-14-12(8-13)5-6-15(2)9-12/h10-11,14H,3-9,13H2,1-2H3. The van der Waals surface area contributed by atoms with Crippen molar-refractivity contribution in [2.75, 3.05) is 33.2 Å². The second-order valence-electron chi connectivity index (χ2n) is 5.67. The van der Waals surface area contributed by atoms with Crippen molar-refractivity contribution in [1.82, 2.24) is 10.2 Å². The molecular weight excluding hydrogens is 186 g/mol. The zero-order valence-electron chi connectivity index (χ0n) is 10.1. The van der Waals surface area contributed by atoms with Crippen LogP contribution in [0.4, 0.5) is 0 Å². The molecule has 0 spiro atoms. The van der Waals surface area contributed by atoms with Gasteiger partial charge in [0.15, 0.2) is 0 Å². The van der Waals surface area contributed by atoms with E-state index in [1.807, 2.05) is 0 Å². The van der Waals surface area contributed by atoms with E-state index in [9.17, 15) is 0 Å². The van der Waals surface area contributed by atoms with Gasteiger partial charge >= 0.3 is 0 Å². The smallest absolute Gasteiger partial charge is 0.0444 e. The summed E-state index contributed by atoms with van der Waals surface area (Å²) in [4.78, 5) is 2.38. The highest BCUT2D eigenvalue weighted by atomic mass is 15.2. The molecule has 1 saturated heterocycles. The lowest BCUT2D eigenvalue weighted by molar-refractivity contribution is 0.294. The van der Waals surface area contributed by atoms with Gasteiger partial charge in [0.25, 0.3) is 0 Å². The van der Waals surface area contributed by atoms with Gasteiger partial charge in [0.1, 0.15) is 0 Å². The van der Waals surface area contributed by atoms with Crippen LogP contribution in [0, 0.1) is 11.8 Å². The lowest BCUT2D eigenvalue weighted by Gasteiger charge is -2.30. The second kappa shape index (κ2) is 4.40. The fraction of sp³-hybridized carbons (Fsp3) is 1.00. The average Bonchev–Trinajstić information content (AvgIpc) is 3.01. The van der Waals surface area contributed by atoms with Gasteiger partial charge in [-0.15, -0.1) is 0 Å². The minimum absolute atomic E-state index is 0.206. The number of hydrogen-bond acceptors (Lipinski definition) is 3. The highest BCUT2D eigenvalue weighted by molar-refractivity contribution is 4.98. The van der Waals surface area contributed by atoms with Gasteiger partial charge in [0.05, 0.1) is 0 Å². The summed E-state index contributed by atoms with van der Waals surface area (Å²) in [5.74, 6) is 1.82. The fourth-order valence-electron chi connectivity index (χ4n) is 2.67. The molecule has 1 saturated carbocycles. The van der Waals surface area contributed by atoms with Crippen LogP contribution in [0.15, 0.2) is 0 Å². The molecule has 0 aromatic heterocycles. The molecular formula is C12H25N3. The lowest BCUT2D eigenvalue weighted by Crippen LogP contribution is -2.54. The van der Waals surface area contributed by atoms with E-state index in [0.717, 1.165) is 31.5 Å². The van der Waals surface area contributed by atoms with Crippen molar-refractivity contribution in [3.05, 3.63) is 0 Å². The van der Waals surface area contributed by atoms with Crippen molar-refractivity contribution in [3.8, 4) is 0 Å². The summed E-state index contributed by atoms with van der Waals surface area (Å²) >= 11 is 0. The molecule has 0 radical (unpaired) electrons. The van der Waals surface area contributed by atoms with Crippen LogP contribution in [-0.2, 0) is 0 Å². The summed E-state index contributed by atoms with van der Waals surface area (Å²) in [5.41, 5.74) is 6.13. The van der Waals surface area contributed by atoms with Gasteiger partial charge in [-0.05, 0) is 51.2 Å². The van der Waals surface area contributed by atoms with Gasteiger partial charge < -0.3 is 16.0 Å². The molecule has 1 heterocycles. The maximum absolute atomic E-state index is 5.92. The van der Waals surface area contributed by atoms with Crippen LogP contribution >= 0.6 is 0 Å². The van der Waals surface area contributed by atoms with E-state index >= 15 is 0 Å². The largest absolute Gasteiger partial charge is 0.329 e. The van der Waals surface area contributed by atoms with E-state index in [2.05, 4.69) is 24.2 Å². The highest BCUT2D eigenvalue weighted by Gasteiger charge is 2.36. The van der Waals surface area contributed by atoms with Crippen LogP contribution in [0.5, 0.6) is 0 Å². The first-order valence-electron chi connectivity index (χ1n) is 6.29. The van der Waals surface area contributed by atoms with Gasteiger partial charge in [-0.2, -0.15) is 0 Å². The molecule has 1 aliphatic carbocycles. The summed E-state index contributed by atoms with van der Waals surface area (Å²) < 4.78 is 0.